The molecule has 2 rings (SSSR count). The summed E-state index contributed by atoms with van der Waals surface area (Å²) in [5.74, 6) is -0.633. The van der Waals surface area contributed by atoms with E-state index in [1.54, 1.807) is 24.0 Å². The van der Waals surface area contributed by atoms with E-state index in [0.717, 1.165) is 17.5 Å². The molecule has 0 aromatic heterocycles. The van der Waals surface area contributed by atoms with Gasteiger partial charge in [0.05, 0.1) is 0 Å². The number of rotatable bonds is 8. The fourth-order valence-corrected chi connectivity index (χ4v) is 3.18. The molecule has 4 nitrogen and oxygen atoms in total. The van der Waals surface area contributed by atoms with Gasteiger partial charge in [0.1, 0.15) is 11.9 Å². The van der Waals surface area contributed by atoms with Gasteiger partial charge in [0.2, 0.25) is 11.8 Å². The smallest absolute Gasteiger partial charge is 0.242 e. The number of benzene rings is 2. The molecule has 1 atom stereocenters. The number of amides is 2. The monoisotopic (exact) mass is 412 g/mol. The quantitative estimate of drug-likeness (QED) is 0.686. The van der Waals surface area contributed by atoms with Gasteiger partial charge in [-0.15, -0.1) is 0 Å². The Morgan fingerprint density at radius 2 is 1.50 bits per heavy atom. The van der Waals surface area contributed by atoms with Crippen molar-refractivity contribution in [2.75, 3.05) is 0 Å². The molecule has 30 heavy (non-hydrogen) atoms. The molecule has 5 heteroatoms. The molecule has 0 aliphatic rings. The predicted molar refractivity (Wildman–Crippen MR) is 118 cm³/mol. The average Bonchev–Trinajstić information content (AvgIpc) is 2.70. The zero-order chi connectivity index (χ0) is 22.3. The van der Waals surface area contributed by atoms with Gasteiger partial charge in [-0.05, 0) is 69.4 Å². The maximum atomic E-state index is 13.3. The van der Waals surface area contributed by atoms with E-state index >= 15 is 0 Å². The van der Waals surface area contributed by atoms with Gasteiger partial charge in [0.15, 0.2) is 0 Å². The molecule has 0 radical (unpaired) electrons. The molecule has 0 aliphatic carbocycles. The molecule has 0 heterocycles. The third-order valence-electron chi connectivity index (χ3n) is 4.99. The number of carbonyl (C=O) groups excluding carboxylic acids is 2. The van der Waals surface area contributed by atoms with Crippen LogP contribution in [0.3, 0.4) is 0 Å². The van der Waals surface area contributed by atoms with Crippen LogP contribution < -0.4 is 5.32 Å². The normalized spacial score (nSPS) is 12.3. The maximum Gasteiger partial charge on any atom is 0.242 e. The first-order valence-corrected chi connectivity index (χ1v) is 10.5. The van der Waals surface area contributed by atoms with Crippen molar-refractivity contribution in [2.45, 2.75) is 72.0 Å². The van der Waals surface area contributed by atoms with Crippen LogP contribution in [0.1, 0.15) is 57.7 Å². The van der Waals surface area contributed by atoms with Crippen molar-refractivity contribution in [3.8, 4) is 0 Å². The molecular formula is C25H33FN2O2. The number of nitrogens with zero attached hydrogens (tertiary/aromatic N) is 1. The Hall–Kier alpha value is -2.69. The van der Waals surface area contributed by atoms with Crippen LogP contribution in [0.5, 0.6) is 0 Å². The van der Waals surface area contributed by atoms with Crippen LogP contribution in [0, 0.1) is 5.82 Å². The zero-order valence-corrected chi connectivity index (χ0v) is 18.7. The summed E-state index contributed by atoms with van der Waals surface area (Å²) in [4.78, 5) is 27.4. The van der Waals surface area contributed by atoms with Gasteiger partial charge < -0.3 is 10.2 Å². The van der Waals surface area contributed by atoms with Gasteiger partial charge in [-0.3, -0.25) is 9.59 Å². The largest absolute Gasteiger partial charge is 0.350 e. The molecule has 0 fully saturated rings. The van der Waals surface area contributed by atoms with Gasteiger partial charge in [-0.25, -0.2) is 4.39 Å². The summed E-state index contributed by atoms with van der Waals surface area (Å²) < 4.78 is 13.3. The molecular weight excluding hydrogens is 379 g/mol. The SMILES string of the molecule is CCc1ccc(CCC(=O)N(Cc2ccc(F)cc2)C(C)C(=O)NC(C)(C)C)cc1. The molecule has 0 bridgehead atoms. The molecule has 0 spiro atoms. The van der Waals surface area contributed by atoms with Crippen LogP contribution in [0.2, 0.25) is 0 Å². The number of hydrogen-bond acceptors (Lipinski definition) is 2. The fourth-order valence-electron chi connectivity index (χ4n) is 3.18. The average molecular weight is 413 g/mol. The molecule has 2 amide bonds. The topological polar surface area (TPSA) is 49.4 Å². The Morgan fingerprint density at radius 1 is 0.967 bits per heavy atom. The highest BCUT2D eigenvalue weighted by Gasteiger charge is 2.28. The minimum atomic E-state index is -0.635. The summed E-state index contributed by atoms with van der Waals surface area (Å²) >= 11 is 0. The summed E-state index contributed by atoms with van der Waals surface area (Å²) in [6, 6.07) is 13.6. The first-order chi connectivity index (χ1) is 14.1. The molecule has 0 saturated heterocycles. The lowest BCUT2D eigenvalue weighted by atomic mass is 10.0. The second kappa shape index (κ2) is 10.4. The minimum absolute atomic E-state index is 0.101. The summed E-state index contributed by atoms with van der Waals surface area (Å²) in [6.07, 6.45) is 1.89. The first kappa shape index (κ1) is 23.6. The van der Waals surface area contributed by atoms with Crippen molar-refractivity contribution < 1.29 is 14.0 Å². The van der Waals surface area contributed by atoms with Crippen molar-refractivity contribution in [3.05, 3.63) is 71.0 Å². The third-order valence-corrected chi connectivity index (χ3v) is 4.99. The Morgan fingerprint density at radius 3 is 2.03 bits per heavy atom. The van der Waals surface area contributed by atoms with Crippen molar-refractivity contribution in [1.82, 2.24) is 10.2 Å². The van der Waals surface area contributed by atoms with Gasteiger partial charge >= 0.3 is 0 Å². The van der Waals surface area contributed by atoms with Crippen LogP contribution >= 0.6 is 0 Å². The highest BCUT2D eigenvalue weighted by atomic mass is 19.1. The lowest BCUT2D eigenvalue weighted by Gasteiger charge is -2.31. The van der Waals surface area contributed by atoms with E-state index < -0.39 is 11.6 Å². The van der Waals surface area contributed by atoms with Crippen molar-refractivity contribution in [2.24, 2.45) is 0 Å². The Labute approximate surface area is 179 Å². The molecule has 1 N–H and O–H groups in total. The summed E-state index contributed by atoms with van der Waals surface area (Å²) in [6.45, 7) is 9.82. The van der Waals surface area contributed by atoms with Gasteiger partial charge in [0.25, 0.3) is 0 Å². The molecule has 1 unspecified atom stereocenters. The zero-order valence-electron chi connectivity index (χ0n) is 18.7. The molecule has 0 saturated carbocycles. The van der Waals surface area contributed by atoms with Crippen LogP contribution in [0.15, 0.2) is 48.5 Å². The van der Waals surface area contributed by atoms with Crippen LogP contribution in [0.25, 0.3) is 0 Å². The van der Waals surface area contributed by atoms with Crippen molar-refractivity contribution in [1.29, 1.82) is 0 Å². The van der Waals surface area contributed by atoms with E-state index in [1.165, 1.54) is 17.7 Å². The lowest BCUT2D eigenvalue weighted by Crippen LogP contribution is -2.52. The fraction of sp³-hybridized carbons (Fsp3) is 0.440. The highest BCUT2D eigenvalue weighted by Crippen LogP contribution is 2.15. The Balaban J connectivity index is 2.14. The van der Waals surface area contributed by atoms with E-state index in [-0.39, 0.29) is 24.2 Å². The molecule has 162 valence electrons. The van der Waals surface area contributed by atoms with E-state index in [4.69, 9.17) is 0 Å². The highest BCUT2D eigenvalue weighted by molar-refractivity contribution is 5.87. The van der Waals surface area contributed by atoms with E-state index in [2.05, 4.69) is 24.4 Å². The number of halogens is 1. The van der Waals surface area contributed by atoms with Crippen LogP contribution in [0.4, 0.5) is 4.39 Å². The number of nitrogens with one attached hydrogen (secondary N) is 1. The molecule has 2 aromatic carbocycles. The van der Waals surface area contributed by atoms with Crippen molar-refractivity contribution >= 4 is 11.8 Å². The molecule has 2 aromatic rings. The number of hydrogen-bond donors (Lipinski definition) is 1. The lowest BCUT2D eigenvalue weighted by molar-refractivity contribution is -0.141. The first-order valence-electron chi connectivity index (χ1n) is 10.5. The van der Waals surface area contributed by atoms with E-state index in [0.29, 0.717) is 12.8 Å². The number of carbonyl (C=O) groups is 2. The minimum Gasteiger partial charge on any atom is -0.350 e. The Bertz CT molecular complexity index is 839. The van der Waals surface area contributed by atoms with Crippen LogP contribution in [-0.4, -0.2) is 28.3 Å². The summed E-state index contributed by atoms with van der Waals surface area (Å²) in [7, 11) is 0. The third kappa shape index (κ3) is 7.29. The van der Waals surface area contributed by atoms with Crippen molar-refractivity contribution in [3.63, 3.8) is 0 Å². The van der Waals surface area contributed by atoms with E-state index in [1.807, 2.05) is 32.9 Å². The second-order valence-electron chi connectivity index (χ2n) is 8.73. The van der Waals surface area contributed by atoms with Gasteiger partial charge in [-0.1, -0.05) is 43.3 Å². The van der Waals surface area contributed by atoms with E-state index in [9.17, 15) is 14.0 Å². The van der Waals surface area contributed by atoms with Gasteiger partial charge in [0, 0.05) is 18.5 Å². The van der Waals surface area contributed by atoms with Crippen LogP contribution in [-0.2, 0) is 29.0 Å². The molecule has 0 aliphatic heterocycles. The summed E-state index contributed by atoms with van der Waals surface area (Å²) in [5.41, 5.74) is 2.74. The number of aryl methyl sites for hydroxylation is 2. The second-order valence-corrected chi connectivity index (χ2v) is 8.73. The predicted octanol–water partition coefficient (Wildman–Crippen LogP) is 4.65. The van der Waals surface area contributed by atoms with Gasteiger partial charge in [-0.2, -0.15) is 0 Å². The Kier molecular flexibility index (Phi) is 8.16. The summed E-state index contributed by atoms with van der Waals surface area (Å²) in [5, 5.41) is 2.94. The maximum absolute atomic E-state index is 13.3. The standard InChI is InChI=1S/C25H33FN2O2/c1-6-19-7-9-20(10-8-19)13-16-23(29)28(17-21-11-14-22(26)15-12-21)18(2)24(30)27-25(3,4)5/h7-12,14-15,18H,6,13,16-17H2,1-5H3,(H,27,30).